The van der Waals surface area contributed by atoms with Crippen molar-refractivity contribution in [3.63, 3.8) is 0 Å². The number of ether oxygens (including phenoxy) is 2. The van der Waals surface area contributed by atoms with Gasteiger partial charge in [0.2, 0.25) is 0 Å². The highest BCUT2D eigenvalue weighted by Crippen LogP contribution is 2.16. The average Bonchev–Trinajstić information content (AvgIpc) is 2.52. The van der Waals surface area contributed by atoms with Crippen LogP contribution in [0.4, 0.5) is 5.69 Å². The lowest BCUT2D eigenvalue weighted by Gasteiger charge is -2.08. The molecule has 1 N–H and O–H groups in total. The molecule has 1 amide bonds. The summed E-state index contributed by atoms with van der Waals surface area (Å²) in [4.78, 5) is 23.2. The molecule has 0 radical (unpaired) electrons. The number of benzene rings is 2. The fourth-order valence-electron chi connectivity index (χ4n) is 1.62. The van der Waals surface area contributed by atoms with Gasteiger partial charge in [-0.15, -0.1) is 0 Å². The maximum absolute atomic E-state index is 11.7. The zero-order chi connectivity index (χ0) is 16.7. The summed E-state index contributed by atoms with van der Waals surface area (Å²) in [6.07, 6.45) is 0. The Bertz CT molecular complexity index is 691. The van der Waals surface area contributed by atoms with E-state index in [1.807, 2.05) is 6.07 Å². The molecular weight excluding hydrogens is 386 g/mol. The van der Waals surface area contributed by atoms with Gasteiger partial charge in [0, 0.05) is 15.2 Å². The fourth-order valence-corrected chi connectivity index (χ4v) is 2.15. The van der Waals surface area contributed by atoms with Crippen molar-refractivity contribution in [3.05, 3.63) is 58.0 Å². The van der Waals surface area contributed by atoms with Gasteiger partial charge < -0.3 is 14.8 Å². The van der Waals surface area contributed by atoms with Crippen LogP contribution >= 0.6 is 27.5 Å². The summed E-state index contributed by atoms with van der Waals surface area (Å²) in [5.41, 5.74) is 0.609. The standard InChI is InChI=1S/C16H13BrClNO4/c17-11-2-1-3-13(8-11)19-15(20)9-23-16(21)10-22-14-6-4-12(18)5-7-14/h1-8H,9-10H2,(H,19,20). The van der Waals surface area contributed by atoms with Crippen LogP contribution < -0.4 is 10.1 Å². The lowest BCUT2D eigenvalue weighted by Crippen LogP contribution is -2.23. The summed E-state index contributed by atoms with van der Waals surface area (Å²) in [5, 5.41) is 3.19. The predicted molar refractivity (Wildman–Crippen MR) is 90.7 cm³/mol. The third kappa shape index (κ3) is 6.30. The van der Waals surface area contributed by atoms with Gasteiger partial charge in [0.25, 0.3) is 5.91 Å². The number of hydrogen-bond donors (Lipinski definition) is 1. The second-order valence-corrected chi connectivity index (χ2v) is 5.81. The molecule has 0 aliphatic rings. The molecule has 2 aromatic rings. The molecule has 7 heteroatoms. The van der Waals surface area contributed by atoms with Crippen LogP contribution in [0.15, 0.2) is 53.0 Å². The second kappa shape index (κ2) is 8.55. The molecule has 2 aromatic carbocycles. The average molecular weight is 399 g/mol. The summed E-state index contributed by atoms with van der Waals surface area (Å²) >= 11 is 9.04. The van der Waals surface area contributed by atoms with Gasteiger partial charge in [-0.1, -0.05) is 33.6 Å². The van der Waals surface area contributed by atoms with E-state index in [4.69, 9.17) is 21.1 Å². The van der Waals surface area contributed by atoms with E-state index in [2.05, 4.69) is 21.2 Å². The first-order valence-electron chi connectivity index (χ1n) is 6.62. The summed E-state index contributed by atoms with van der Waals surface area (Å²) in [6.45, 7) is -0.666. The Kier molecular flexibility index (Phi) is 6.43. The lowest BCUT2D eigenvalue weighted by molar-refractivity contribution is -0.149. The zero-order valence-electron chi connectivity index (χ0n) is 11.9. The van der Waals surface area contributed by atoms with E-state index in [1.165, 1.54) is 0 Å². The van der Waals surface area contributed by atoms with Crippen molar-refractivity contribution in [2.75, 3.05) is 18.5 Å². The van der Waals surface area contributed by atoms with Crippen molar-refractivity contribution in [1.82, 2.24) is 0 Å². The van der Waals surface area contributed by atoms with Crippen LogP contribution in [0.5, 0.6) is 5.75 Å². The quantitative estimate of drug-likeness (QED) is 0.754. The van der Waals surface area contributed by atoms with Gasteiger partial charge in [-0.25, -0.2) is 4.79 Å². The van der Waals surface area contributed by atoms with Gasteiger partial charge in [0.15, 0.2) is 13.2 Å². The number of amides is 1. The second-order valence-electron chi connectivity index (χ2n) is 4.46. The molecule has 0 saturated heterocycles. The first-order chi connectivity index (χ1) is 11.0. The third-order valence-corrected chi connectivity index (χ3v) is 3.39. The number of hydrogen-bond acceptors (Lipinski definition) is 4. The maximum atomic E-state index is 11.7. The van der Waals surface area contributed by atoms with Gasteiger partial charge in [-0.05, 0) is 42.5 Å². The molecule has 5 nitrogen and oxygen atoms in total. The normalized spacial score (nSPS) is 10.0. The van der Waals surface area contributed by atoms with Gasteiger partial charge in [0.1, 0.15) is 5.75 Å². The van der Waals surface area contributed by atoms with Crippen LogP contribution in [-0.2, 0) is 14.3 Å². The van der Waals surface area contributed by atoms with E-state index in [-0.39, 0.29) is 13.2 Å². The summed E-state index contributed by atoms with van der Waals surface area (Å²) < 4.78 is 10.9. The molecule has 0 atom stereocenters. The summed E-state index contributed by atoms with van der Waals surface area (Å²) in [6, 6.07) is 13.7. The molecular formula is C16H13BrClNO4. The Balaban J connectivity index is 1.71. The SMILES string of the molecule is O=C(COC(=O)COc1ccc(Cl)cc1)Nc1cccc(Br)c1. The van der Waals surface area contributed by atoms with E-state index in [1.54, 1.807) is 42.5 Å². The molecule has 120 valence electrons. The maximum Gasteiger partial charge on any atom is 0.344 e. The highest BCUT2D eigenvalue weighted by Gasteiger charge is 2.09. The number of carbonyl (C=O) groups is 2. The van der Waals surface area contributed by atoms with Crippen molar-refractivity contribution >= 4 is 45.1 Å². The first-order valence-corrected chi connectivity index (χ1v) is 7.79. The van der Waals surface area contributed by atoms with Crippen molar-refractivity contribution < 1.29 is 19.1 Å². The molecule has 0 bridgehead atoms. The number of nitrogens with one attached hydrogen (secondary N) is 1. The van der Waals surface area contributed by atoms with Crippen molar-refractivity contribution in [2.24, 2.45) is 0 Å². The van der Waals surface area contributed by atoms with Crippen LogP contribution in [0.2, 0.25) is 5.02 Å². The van der Waals surface area contributed by atoms with Crippen LogP contribution in [-0.4, -0.2) is 25.1 Å². The highest BCUT2D eigenvalue weighted by molar-refractivity contribution is 9.10. The summed E-state index contributed by atoms with van der Waals surface area (Å²) in [5.74, 6) is -0.572. The zero-order valence-corrected chi connectivity index (χ0v) is 14.3. The Hall–Kier alpha value is -2.05. The van der Waals surface area contributed by atoms with Crippen LogP contribution in [0.25, 0.3) is 0 Å². The predicted octanol–water partition coefficient (Wildman–Crippen LogP) is 3.66. The van der Waals surface area contributed by atoms with Gasteiger partial charge in [-0.3, -0.25) is 4.79 Å². The topological polar surface area (TPSA) is 64.6 Å². The van der Waals surface area contributed by atoms with Gasteiger partial charge >= 0.3 is 5.97 Å². The van der Waals surface area contributed by atoms with E-state index >= 15 is 0 Å². The molecule has 0 heterocycles. The molecule has 0 aliphatic carbocycles. The molecule has 0 saturated carbocycles. The Morgan fingerprint density at radius 3 is 2.52 bits per heavy atom. The highest BCUT2D eigenvalue weighted by atomic mass is 79.9. The molecule has 0 aromatic heterocycles. The largest absolute Gasteiger partial charge is 0.482 e. The number of rotatable bonds is 6. The number of halogens is 2. The van der Waals surface area contributed by atoms with Crippen LogP contribution in [0.3, 0.4) is 0 Å². The van der Waals surface area contributed by atoms with Crippen molar-refractivity contribution in [2.45, 2.75) is 0 Å². The van der Waals surface area contributed by atoms with E-state index < -0.39 is 11.9 Å². The first kappa shape index (κ1) is 17.3. The monoisotopic (exact) mass is 397 g/mol. The molecule has 0 spiro atoms. The van der Waals surface area contributed by atoms with Crippen LogP contribution in [0.1, 0.15) is 0 Å². The minimum absolute atomic E-state index is 0.286. The molecule has 0 fully saturated rings. The Morgan fingerprint density at radius 1 is 1.09 bits per heavy atom. The fraction of sp³-hybridized carbons (Fsp3) is 0.125. The minimum atomic E-state index is -0.635. The van der Waals surface area contributed by atoms with E-state index in [0.29, 0.717) is 16.5 Å². The lowest BCUT2D eigenvalue weighted by atomic mass is 10.3. The van der Waals surface area contributed by atoms with Crippen LogP contribution in [0, 0.1) is 0 Å². The Labute approximate surface area is 146 Å². The molecule has 0 unspecified atom stereocenters. The Morgan fingerprint density at radius 2 is 1.83 bits per heavy atom. The number of anilines is 1. The summed E-state index contributed by atoms with van der Waals surface area (Å²) in [7, 11) is 0. The molecule has 2 rings (SSSR count). The molecule has 0 aliphatic heterocycles. The van der Waals surface area contributed by atoms with Gasteiger partial charge in [0.05, 0.1) is 0 Å². The van der Waals surface area contributed by atoms with Gasteiger partial charge in [-0.2, -0.15) is 0 Å². The van der Waals surface area contributed by atoms with Crippen molar-refractivity contribution in [1.29, 1.82) is 0 Å². The van der Waals surface area contributed by atoms with Crippen molar-refractivity contribution in [3.8, 4) is 5.75 Å². The minimum Gasteiger partial charge on any atom is -0.482 e. The van der Waals surface area contributed by atoms with E-state index in [0.717, 1.165) is 4.47 Å². The number of esters is 1. The van der Waals surface area contributed by atoms with E-state index in [9.17, 15) is 9.59 Å². The molecule has 23 heavy (non-hydrogen) atoms. The third-order valence-electron chi connectivity index (χ3n) is 2.64. The smallest absolute Gasteiger partial charge is 0.344 e. The number of carbonyl (C=O) groups excluding carboxylic acids is 2.